The van der Waals surface area contributed by atoms with Crippen LogP contribution in [0.15, 0.2) is 29.3 Å². The summed E-state index contributed by atoms with van der Waals surface area (Å²) in [5.74, 6) is 0.443. The van der Waals surface area contributed by atoms with Crippen LogP contribution in [0.25, 0.3) is 0 Å². The lowest BCUT2D eigenvalue weighted by Gasteiger charge is -2.08. The number of hydrogen-bond acceptors (Lipinski definition) is 3. The lowest BCUT2D eigenvalue weighted by Crippen LogP contribution is -2.30. The Labute approximate surface area is 138 Å². The first-order valence-corrected chi connectivity index (χ1v) is 6.45. The molecule has 0 aliphatic rings. The molecule has 3 N–H and O–H groups in total. The van der Waals surface area contributed by atoms with Crippen molar-refractivity contribution in [3.05, 3.63) is 35.4 Å². The summed E-state index contributed by atoms with van der Waals surface area (Å²) in [6, 6.07) is 8.19. The second-order valence-electron chi connectivity index (χ2n) is 4.03. The molecule has 1 aromatic rings. The van der Waals surface area contributed by atoms with Gasteiger partial charge in [0.15, 0.2) is 5.96 Å². The van der Waals surface area contributed by atoms with E-state index in [9.17, 15) is 0 Å². The molecule has 0 spiro atoms. The van der Waals surface area contributed by atoms with E-state index in [-0.39, 0.29) is 24.0 Å². The monoisotopic (exact) mass is 393 g/mol. The average Bonchev–Trinajstić information content (AvgIpc) is 2.45. The van der Waals surface area contributed by atoms with Crippen molar-refractivity contribution in [1.29, 1.82) is 0 Å². The molecule has 0 aliphatic carbocycles. The number of nitrogens with zero attached hydrogens (tertiary/aromatic N) is 1. The molecule has 0 bridgehead atoms. The van der Waals surface area contributed by atoms with Gasteiger partial charge < -0.3 is 20.5 Å². The number of guanidine groups is 1. The van der Waals surface area contributed by atoms with Crippen molar-refractivity contribution in [2.45, 2.75) is 20.1 Å². The topological polar surface area (TPSA) is 68.9 Å². The van der Waals surface area contributed by atoms with E-state index in [1.807, 2.05) is 25.1 Å². The van der Waals surface area contributed by atoms with Gasteiger partial charge in [0.05, 0.1) is 19.8 Å². The first-order valence-electron chi connectivity index (χ1n) is 6.45. The Morgan fingerprint density at radius 3 is 2.65 bits per heavy atom. The largest absolute Gasteiger partial charge is 0.379 e. The molecule has 20 heavy (non-hydrogen) atoms. The number of nitrogens with two attached hydrogens (primary N) is 1. The first kappa shape index (κ1) is 19.1. The molecule has 5 nitrogen and oxygen atoms in total. The van der Waals surface area contributed by atoms with Crippen LogP contribution in [-0.2, 0) is 22.6 Å². The first-order chi connectivity index (χ1) is 9.26. The van der Waals surface area contributed by atoms with E-state index in [0.29, 0.717) is 32.3 Å². The van der Waals surface area contributed by atoms with Crippen LogP contribution < -0.4 is 11.1 Å². The van der Waals surface area contributed by atoms with Crippen molar-refractivity contribution in [3.63, 3.8) is 0 Å². The molecule has 114 valence electrons. The lowest BCUT2D eigenvalue weighted by atomic mass is 10.1. The molecule has 0 saturated carbocycles. The summed E-state index contributed by atoms with van der Waals surface area (Å²) >= 11 is 0. The number of benzene rings is 1. The molecule has 1 rings (SSSR count). The summed E-state index contributed by atoms with van der Waals surface area (Å²) in [5.41, 5.74) is 7.88. The second kappa shape index (κ2) is 11.9. The number of rotatable bonds is 8. The predicted octanol–water partition coefficient (Wildman–Crippen LogP) is 1.89. The number of aliphatic imine (C=N–C) groups is 1. The Morgan fingerprint density at radius 1 is 1.25 bits per heavy atom. The highest BCUT2D eigenvalue weighted by atomic mass is 127. The Morgan fingerprint density at radius 2 is 1.95 bits per heavy atom. The highest BCUT2D eigenvalue weighted by Gasteiger charge is 1.98. The quantitative estimate of drug-likeness (QED) is 0.306. The van der Waals surface area contributed by atoms with Gasteiger partial charge in [-0.25, -0.2) is 0 Å². The second-order valence-corrected chi connectivity index (χ2v) is 4.03. The van der Waals surface area contributed by atoms with Gasteiger partial charge in [0.25, 0.3) is 0 Å². The smallest absolute Gasteiger partial charge is 0.188 e. The van der Waals surface area contributed by atoms with E-state index < -0.39 is 0 Å². The van der Waals surface area contributed by atoms with Crippen LogP contribution in [0.2, 0.25) is 0 Å². The molecular weight excluding hydrogens is 369 g/mol. The minimum atomic E-state index is 0. The molecule has 6 heteroatoms. The van der Waals surface area contributed by atoms with Crippen LogP contribution >= 0.6 is 24.0 Å². The molecule has 0 saturated heterocycles. The molecule has 0 atom stereocenters. The SMILES string of the molecule is CCOCCOCc1cccc(CNC(N)=NC)c1.I. The molecule has 0 amide bonds. The van der Waals surface area contributed by atoms with Crippen molar-refractivity contribution in [2.75, 3.05) is 26.9 Å². The van der Waals surface area contributed by atoms with Gasteiger partial charge in [0, 0.05) is 20.2 Å². The van der Waals surface area contributed by atoms with Crippen LogP contribution in [0, 0.1) is 0 Å². The predicted molar refractivity (Wildman–Crippen MR) is 92.4 cm³/mol. The van der Waals surface area contributed by atoms with Crippen LogP contribution in [-0.4, -0.2) is 32.8 Å². The molecule has 0 radical (unpaired) electrons. The zero-order chi connectivity index (χ0) is 13.9. The van der Waals surface area contributed by atoms with Gasteiger partial charge in [-0.2, -0.15) is 0 Å². The Balaban J connectivity index is 0.00000361. The van der Waals surface area contributed by atoms with E-state index in [1.165, 1.54) is 0 Å². The van der Waals surface area contributed by atoms with Crippen molar-refractivity contribution in [2.24, 2.45) is 10.7 Å². The zero-order valence-corrected chi connectivity index (χ0v) is 14.4. The van der Waals surface area contributed by atoms with E-state index in [4.69, 9.17) is 15.2 Å². The van der Waals surface area contributed by atoms with Crippen LogP contribution in [0.1, 0.15) is 18.1 Å². The van der Waals surface area contributed by atoms with Gasteiger partial charge in [-0.3, -0.25) is 4.99 Å². The van der Waals surface area contributed by atoms with Crippen LogP contribution in [0.5, 0.6) is 0 Å². The fraction of sp³-hybridized carbons (Fsp3) is 0.500. The fourth-order valence-electron chi connectivity index (χ4n) is 1.55. The zero-order valence-electron chi connectivity index (χ0n) is 12.1. The third-order valence-corrected chi connectivity index (χ3v) is 2.55. The standard InChI is InChI=1S/C14H23N3O2.HI/c1-3-18-7-8-19-11-13-6-4-5-12(9-13)10-17-14(15)16-2;/h4-6,9H,3,7-8,10-11H2,1-2H3,(H3,15,16,17);1H. The summed E-state index contributed by atoms with van der Waals surface area (Å²) < 4.78 is 10.7. The Hall–Kier alpha value is -0.860. The minimum absolute atomic E-state index is 0. The van der Waals surface area contributed by atoms with Gasteiger partial charge in [-0.15, -0.1) is 24.0 Å². The molecule has 0 aliphatic heterocycles. The molecule has 0 fully saturated rings. The summed E-state index contributed by atoms with van der Waals surface area (Å²) in [7, 11) is 1.66. The van der Waals surface area contributed by atoms with Gasteiger partial charge >= 0.3 is 0 Å². The van der Waals surface area contributed by atoms with Crippen molar-refractivity contribution in [3.8, 4) is 0 Å². The number of nitrogens with one attached hydrogen (secondary N) is 1. The Kier molecular flexibility index (Phi) is 11.4. The average molecular weight is 393 g/mol. The normalized spacial score (nSPS) is 11.0. The number of ether oxygens (including phenoxy) is 2. The van der Waals surface area contributed by atoms with Gasteiger partial charge in [0.2, 0.25) is 0 Å². The third kappa shape index (κ3) is 8.34. The van der Waals surface area contributed by atoms with Crippen molar-refractivity contribution in [1.82, 2.24) is 5.32 Å². The van der Waals surface area contributed by atoms with Crippen LogP contribution in [0.4, 0.5) is 0 Å². The lowest BCUT2D eigenvalue weighted by molar-refractivity contribution is 0.0453. The molecule has 0 unspecified atom stereocenters. The van der Waals surface area contributed by atoms with Gasteiger partial charge in [-0.1, -0.05) is 24.3 Å². The molecular formula is C14H24IN3O2. The van der Waals surface area contributed by atoms with E-state index in [1.54, 1.807) is 7.05 Å². The molecule has 1 aromatic carbocycles. The minimum Gasteiger partial charge on any atom is -0.379 e. The summed E-state index contributed by atoms with van der Waals surface area (Å²) in [4.78, 5) is 3.85. The summed E-state index contributed by atoms with van der Waals surface area (Å²) in [6.45, 7) is 5.22. The fourth-order valence-corrected chi connectivity index (χ4v) is 1.55. The highest BCUT2D eigenvalue weighted by Crippen LogP contribution is 2.06. The molecule has 0 heterocycles. The maximum absolute atomic E-state index is 5.59. The number of halogens is 1. The maximum atomic E-state index is 5.59. The van der Waals surface area contributed by atoms with E-state index in [2.05, 4.69) is 16.4 Å². The highest BCUT2D eigenvalue weighted by molar-refractivity contribution is 14.0. The maximum Gasteiger partial charge on any atom is 0.188 e. The van der Waals surface area contributed by atoms with Gasteiger partial charge in [0.1, 0.15) is 0 Å². The summed E-state index contributed by atoms with van der Waals surface area (Å²) in [5, 5.41) is 3.03. The molecule has 0 aromatic heterocycles. The van der Waals surface area contributed by atoms with Crippen molar-refractivity contribution >= 4 is 29.9 Å². The van der Waals surface area contributed by atoms with Gasteiger partial charge in [-0.05, 0) is 18.1 Å². The van der Waals surface area contributed by atoms with Crippen molar-refractivity contribution < 1.29 is 9.47 Å². The van der Waals surface area contributed by atoms with Crippen LogP contribution in [0.3, 0.4) is 0 Å². The third-order valence-electron chi connectivity index (χ3n) is 2.55. The van der Waals surface area contributed by atoms with E-state index in [0.717, 1.165) is 17.7 Å². The Bertz CT molecular complexity index is 400. The van der Waals surface area contributed by atoms with E-state index >= 15 is 0 Å². The summed E-state index contributed by atoms with van der Waals surface area (Å²) in [6.07, 6.45) is 0. The number of hydrogen-bond donors (Lipinski definition) is 2.